The van der Waals surface area contributed by atoms with Crippen molar-refractivity contribution in [2.45, 2.75) is 66.3 Å². The first-order valence-corrected chi connectivity index (χ1v) is 7.59. The number of carbonyl (C=O) groups is 1. The Balaban J connectivity index is 2.79. The summed E-state index contributed by atoms with van der Waals surface area (Å²) in [4.78, 5) is 12.0. The first-order chi connectivity index (χ1) is 9.79. The Hall–Kier alpha value is -1.55. The number of hydrogen-bond donors (Lipinski definition) is 2. The highest BCUT2D eigenvalue weighted by Gasteiger charge is 2.17. The van der Waals surface area contributed by atoms with Gasteiger partial charge in [0.2, 0.25) is 0 Å². The second-order valence-corrected chi connectivity index (χ2v) is 6.07. The topological polar surface area (TPSA) is 50.4 Å². The fraction of sp³-hybridized carbons (Fsp3) is 0.588. The molecular weight excluding hydrogens is 264 g/mol. The molecule has 0 aliphatic rings. The van der Waals surface area contributed by atoms with Crippen LogP contribution in [-0.4, -0.2) is 24.1 Å². The molecule has 2 N–H and O–H groups in total. The molecule has 0 saturated heterocycles. The van der Waals surface area contributed by atoms with Gasteiger partial charge in [-0.1, -0.05) is 31.5 Å². The van der Waals surface area contributed by atoms with E-state index in [1.807, 2.05) is 26.0 Å². The average Bonchev–Trinajstić information content (AvgIpc) is 2.37. The lowest BCUT2D eigenvalue weighted by Crippen LogP contribution is -2.40. The molecule has 0 spiro atoms. The van der Waals surface area contributed by atoms with Crippen LogP contribution in [0.4, 0.5) is 0 Å². The van der Waals surface area contributed by atoms with Gasteiger partial charge in [-0.15, -0.1) is 0 Å². The molecule has 0 aliphatic carbocycles. The molecule has 0 aromatic heterocycles. The SMILES string of the molecule is Cc1ccc(OC(C)C(=O)NC(C)C)c(CNC(C)C)c1. The minimum absolute atomic E-state index is 0.0895. The summed E-state index contributed by atoms with van der Waals surface area (Å²) in [5.41, 5.74) is 2.26. The highest BCUT2D eigenvalue weighted by atomic mass is 16.5. The van der Waals surface area contributed by atoms with E-state index in [-0.39, 0.29) is 11.9 Å². The molecule has 1 aromatic carbocycles. The van der Waals surface area contributed by atoms with Gasteiger partial charge in [-0.05, 0) is 33.8 Å². The maximum atomic E-state index is 12.0. The molecule has 4 heteroatoms. The van der Waals surface area contributed by atoms with Crippen molar-refractivity contribution in [2.24, 2.45) is 0 Å². The smallest absolute Gasteiger partial charge is 0.260 e. The van der Waals surface area contributed by atoms with E-state index in [1.54, 1.807) is 6.92 Å². The van der Waals surface area contributed by atoms with E-state index in [0.29, 0.717) is 6.04 Å². The molecule has 118 valence electrons. The van der Waals surface area contributed by atoms with E-state index in [9.17, 15) is 4.79 Å². The van der Waals surface area contributed by atoms with E-state index in [1.165, 1.54) is 5.56 Å². The lowest BCUT2D eigenvalue weighted by molar-refractivity contribution is -0.127. The van der Waals surface area contributed by atoms with Gasteiger partial charge in [0.15, 0.2) is 6.10 Å². The quantitative estimate of drug-likeness (QED) is 0.812. The van der Waals surface area contributed by atoms with E-state index < -0.39 is 6.10 Å². The van der Waals surface area contributed by atoms with Crippen LogP contribution in [0.2, 0.25) is 0 Å². The lowest BCUT2D eigenvalue weighted by atomic mass is 10.1. The summed E-state index contributed by atoms with van der Waals surface area (Å²) in [7, 11) is 0. The maximum Gasteiger partial charge on any atom is 0.260 e. The van der Waals surface area contributed by atoms with Crippen LogP contribution in [0.1, 0.15) is 45.7 Å². The Bertz CT molecular complexity index is 470. The fourth-order valence-electron chi connectivity index (χ4n) is 1.92. The molecule has 1 rings (SSSR count). The van der Waals surface area contributed by atoms with Crippen molar-refractivity contribution in [1.82, 2.24) is 10.6 Å². The second-order valence-electron chi connectivity index (χ2n) is 6.07. The predicted octanol–water partition coefficient (Wildman–Crippen LogP) is 2.78. The Labute approximate surface area is 128 Å². The zero-order chi connectivity index (χ0) is 16.0. The number of hydrogen-bond acceptors (Lipinski definition) is 3. The monoisotopic (exact) mass is 292 g/mol. The number of benzene rings is 1. The Morgan fingerprint density at radius 3 is 2.38 bits per heavy atom. The molecule has 1 unspecified atom stereocenters. The van der Waals surface area contributed by atoms with E-state index in [0.717, 1.165) is 17.9 Å². The summed E-state index contributed by atoms with van der Waals surface area (Å²) >= 11 is 0. The van der Waals surface area contributed by atoms with E-state index in [4.69, 9.17) is 4.74 Å². The molecule has 0 fully saturated rings. The van der Waals surface area contributed by atoms with Gasteiger partial charge >= 0.3 is 0 Å². The predicted molar refractivity (Wildman–Crippen MR) is 86.5 cm³/mol. The number of carbonyl (C=O) groups excluding carboxylic acids is 1. The second kappa shape index (κ2) is 8.03. The summed E-state index contributed by atoms with van der Waals surface area (Å²) in [6, 6.07) is 6.55. The van der Waals surface area contributed by atoms with Crippen LogP contribution in [0.3, 0.4) is 0 Å². The largest absolute Gasteiger partial charge is 0.481 e. The Kier molecular flexibility index (Phi) is 6.69. The fourth-order valence-corrected chi connectivity index (χ4v) is 1.92. The van der Waals surface area contributed by atoms with Crippen molar-refractivity contribution in [3.05, 3.63) is 29.3 Å². The summed E-state index contributed by atoms with van der Waals surface area (Å²) in [6.45, 7) is 12.6. The van der Waals surface area contributed by atoms with Crippen molar-refractivity contribution >= 4 is 5.91 Å². The van der Waals surface area contributed by atoms with E-state index in [2.05, 4.69) is 37.5 Å². The minimum atomic E-state index is -0.507. The van der Waals surface area contributed by atoms with Crippen molar-refractivity contribution in [1.29, 1.82) is 0 Å². The molecular formula is C17H28N2O2. The standard InChI is InChI=1S/C17H28N2O2/c1-11(2)18-10-15-9-13(5)7-8-16(15)21-14(6)17(20)19-12(3)4/h7-9,11-12,14,18H,10H2,1-6H3,(H,19,20). The number of amides is 1. The molecule has 21 heavy (non-hydrogen) atoms. The van der Waals surface area contributed by atoms with Gasteiger partial charge in [-0.25, -0.2) is 0 Å². The van der Waals surface area contributed by atoms with Crippen LogP contribution in [-0.2, 0) is 11.3 Å². The molecule has 0 radical (unpaired) electrons. The molecule has 0 saturated carbocycles. The van der Waals surface area contributed by atoms with Crippen molar-refractivity contribution in [3.63, 3.8) is 0 Å². The van der Waals surface area contributed by atoms with Gasteiger partial charge in [0.1, 0.15) is 5.75 Å². The first kappa shape index (κ1) is 17.5. The highest BCUT2D eigenvalue weighted by molar-refractivity contribution is 5.80. The van der Waals surface area contributed by atoms with Crippen LogP contribution in [0.5, 0.6) is 5.75 Å². The van der Waals surface area contributed by atoms with Crippen molar-refractivity contribution in [3.8, 4) is 5.75 Å². The van der Waals surface area contributed by atoms with Crippen LogP contribution < -0.4 is 15.4 Å². The summed E-state index contributed by atoms with van der Waals surface area (Å²) in [5.74, 6) is 0.675. The molecule has 1 atom stereocenters. The van der Waals surface area contributed by atoms with Crippen LogP contribution in [0, 0.1) is 6.92 Å². The summed E-state index contributed by atoms with van der Waals surface area (Å²) in [6.07, 6.45) is -0.507. The summed E-state index contributed by atoms with van der Waals surface area (Å²) in [5, 5.41) is 6.25. The van der Waals surface area contributed by atoms with Gasteiger partial charge in [-0.2, -0.15) is 0 Å². The Morgan fingerprint density at radius 1 is 1.14 bits per heavy atom. The Morgan fingerprint density at radius 2 is 1.81 bits per heavy atom. The molecule has 0 aliphatic heterocycles. The molecule has 1 amide bonds. The van der Waals surface area contributed by atoms with Gasteiger partial charge in [0.05, 0.1) is 0 Å². The third-order valence-electron chi connectivity index (χ3n) is 3.02. The van der Waals surface area contributed by atoms with Gasteiger partial charge in [-0.3, -0.25) is 4.79 Å². The van der Waals surface area contributed by atoms with Gasteiger partial charge in [0, 0.05) is 24.2 Å². The minimum Gasteiger partial charge on any atom is -0.481 e. The molecule has 4 nitrogen and oxygen atoms in total. The maximum absolute atomic E-state index is 12.0. The van der Waals surface area contributed by atoms with Gasteiger partial charge in [0.25, 0.3) is 5.91 Å². The number of nitrogens with one attached hydrogen (secondary N) is 2. The normalized spacial score (nSPS) is 12.6. The third-order valence-corrected chi connectivity index (χ3v) is 3.02. The third kappa shape index (κ3) is 6.17. The molecule has 1 aromatic rings. The summed E-state index contributed by atoms with van der Waals surface area (Å²) < 4.78 is 5.84. The number of aryl methyl sites for hydroxylation is 1. The molecule has 0 bridgehead atoms. The van der Waals surface area contributed by atoms with Gasteiger partial charge < -0.3 is 15.4 Å². The lowest BCUT2D eigenvalue weighted by Gasteiger charge is -2.19. The molecule has 0 heterocycles. The first-order valence-electron chi connectivity index (χ1n) is 7.59. The van der Waals surface area contributed by atoms with Crippen molar-refractivity contribution < 1.29 is 9.53 Å². The van der Waals surface area contributed by atoms with E-state index >= 15 is 0 Å². The zero-order valence-electron chi connectivity index (χ0n) is 14.0. The number of ether oxygens (including phenoxy) is 1. The number of rotatable bonds is 7. The zero-order valence-corrected chi connectivity index (χ0v) is 14.0. The highest BCUT2D eigenvalue weighted by Crippen LogP contribution is 2.21. The van der Waals surface area contributed by atoms with Crippen molar-refractivity contribution in [2.75, 3.05) is 0 Å². The average molecular weight is 292 g/mol. The van der Waals surface area contributed by atoms with Crippen LogP contribution in [0.25, 0.3) is 0 Å². The van der Waals surface area contributed by atoms with Crippen LogP contribution in [0.15, 0.2) is 18.2 Å². The van der Waals surface area contributed by atoms with Crippen LogP contribution >= 0.6 is 0 Å².